The van der Waals surface area contributed by atoms with Gasteiger partial charge in [-0.2, -0.15) is 8.78 Å². The summed E-state index contributed by atoms with van der Waals surface area (Å²) in [6, 6.07) is 8.54. The Bertz CT molecular complexity index is 1440. The average Bonchev–Trinajstić information content (AvgIpc) is 3.58. The number of carboxylic acids is 1. The van der Waals surface area contributed by atoms with Crippen molar-refractivity contribution >= 4 is 17.6 Å². The lowest BCUT2D eigenvalue weighted by Crippen LogP contribution is -2.49. The second kappa shape index (κ2) is 17.7. The number of carbonyl (C=O) groups is 2. The molecule has 3 aliphatic carbocycles. The molecule has 4 fully saturated rings. The van der Waals surface area contributed by atoms with Crippen LogP contribution in [0.3, 0.4) is 0 Å². The summed E-state index contributed by atoms with van der Waals surface area (Å²) in [6.07, 6.45) is 9.12. The summed E-state index contributed by atoms with van der Waals surface area (Å²) < 4.78 is 66.4. The molecule has 0 bridgehead atoms. The van der Waals surface area contributed by atoms with Crippen LogP contribution in [-0.4, -0.2) is 84.6 Å². The summed E-state index contributed by atoms with van der Waals surface area (Å²) in [5.74, 6) is -4.35. The molecule has 0 radical (unpaired) electrons. The number of amides is 1. The minimum absolute atomic E-state index is 0.0537. The Morgan fingerprint density at radius 3 is 2.24 bits per heavy atom. The van der Waals surface area contributed by atoms with Gasteiger partial charge in [0.2, 0.25) is 5.88 Å². The third-order valence-corrected chi connectivity index (χ3v) is 10.8. The van der Waals surface area contributed by atoms with Gasteiger partial charge in [0, 0.05) is 43.5 Å². The Morgan fingerprint density at radius 1 is 1.00 bits per heavy atom. The lowest BCUT2D eigenvalue weighted by Gasteiger charge is -2.36. The zero-order chi connectivity index (χ0) is 36.5. The Labute approximate surface area is 297 Å². The van der Waals surface area contributed by atoms with Crippen LogP contribution in [0.15, 0.2) is 36.5 Å². The van der Waals surface area contributed by atoms with Crippen LogP contribution in [-0.2, 0) is 4.79 Å². The van der Waals surface area contributed by atoms with E-state index in [9.17, 15) is 32.3 Å². The molecular formula is C38H52F4N4O5. The zero-order valence-electron chi connectivity index (χ0n) is 29.5. The molecule has 1 aromatic carbocycles. The Morgan fingerprint density at radius 2 is 1.67 bits per heavy atom. The van der Waals surface area contributed by atoms with Crippen LogP contribution in [0.1, 0.15) is 105 Å². The van der Waals surface area contributed by atoms with Crippen molar-refractivity contribution in [2.45, 2.75) is 114 Å². The molecule has 1 aliphatic heterocycles. The summed E-state index contributed by atoms with van der Waals surface area (Å²) in [4.78, 5) is 32.5. The van der Waals surface area contributed by atoms with Crippen LogP contribution in [0.25, 0.3) is 0 Å². The second-order valence-corrected chi connectivity index (χ2v) is 14.6. The van der Waals surface area contributed by atoms with Gasteiger partial charge >= 0.3 is 18.3 Å². The molecule has 13 heteroatoms. The van der Waals surface area contributed by atoms with Crippen molar-refractivity contribution in [1.82, 2.24) is 9.88 Å². The number of ether oxygens (including phenoxy) is 2. The monoisotopic (exact) mass is 720 g/mol. The maximum absolute atomic E-state index is 14.3. The Balaban J connectivity index is 0.000000761. The number of pyridine rings is 1. The molecule has 1 atom stereocenters. The fourth-order valence-corrected chi connectivity index (χ4v) is 7.59. The minimum Gasteiger partial charge on any atom is -0.497 e. The number of halogens is 4. The standard InChI is InChI=1S/C33H41F4N3O5.C5H11N/c1-44-25-8-9-26(31(43)40(24-4-2-3-5-24)20-33(36,37)32(34)35)28(17-25)39-14-11-21(12-15-39)19-45-29-16-23(10-13-38-29)27(18-30(41)42)22-6-7-22;6-5-3-1-2-4-5/h8-10,13,16-17,21-22,24,27,32H,2-7,11-12,14-15,18-20H2,1H3,(H,41,42);5H,1-4,6H2. The van der Waals surface area contributed by atoms with Crippen LogP contribution in [0.4, 0.5) is 23.2 Å². The van der Waals surface area contributed by atoms with Crippen LogP contribution in [0.5, 0.6) is 11.6 Å². The number of aromatic nitrogens is 1. The van der Waals surface area contributed by atoms with E-state index >= 15 is 0 Å². The van der Waals surface area contributed by atoms with Crippen molar-refractivity contribution in [3.8, 4) is 11.6 Å². The van der Waals surface area contributed by atoms with Crippen molar-refractivity contribution in [2.75, 3.05) is 38.3 Å². The number of hydrogen-bond acceptors (Lipinski definition) is 7. The molecule has 3 saturated carbocycles. The van der Waals surface area contributed by atoms with E-state index in [-0.39, 0.29) is 23.8 Å². The molecule has 1 amide bonds. The van der Waals surface area contributed by atoms with E-state index in [0.29, 0.717) is 61.8 Å². The van der Waals surface area contributed by atoms with Gasteiger partial charge in [0.15, 0.2) is 0 Å². The first-order valence-corrected chi connectivity index (χ1v) is 18.4. The van der Waals surface area contributed by atoms with Gasteiger partial charge in [-0.15, -0.1) is 0 Å². The lowest BCUT2D eigenvalue weighted by molar-refractivity contribution is -0.140. The molecule has 3 N–H and O–H groups in total. The number of aliphatic carboxylic acids is 1. The summed E-state index contributed by atoms with van der Waals surface area (Å²) in [5, 5.41) is 9.35. The number of carboxylic acid groups (broad SMARTS) is 1. The molecule has 2 aromatic rings. The highest BCUT2D eigenvalue weighted by molar-refractivity contribution is 6.00. The van der Waals surface area contributed by atoms with Crippen LogP contribution in [0, 0.1) is 11.8 Å². The van der Waals surface area contributed by atoms with E-state index in [0.717, 1.165) is 49.0 Å². The topological polar surface area (TPSA) is 118 Å². The first-order valence-electron chi connectivity index (χ1n) is 18.4. The van der Waals surface area contributed by atoms with Crippen LogP contribution >= 0.6 is 0 Å². The maximum atomic E-state index is 14.3. The summed E-state index contributed by atoms with van der Waals surface area (Å²) in [6.45, 7) is 0.216. The van der Waals surface area contributed by atoms with Gasteiger partial charge < -0.3 is 30.1 Å². The van der Waals surface area contributed by atoms with E-state index in [1.807, 2.05) is 17.0 Å². The largest absolute Gasteiger partial charge is 0.497 e. The number of methoxy groups -OCH3 is 1. The summed E-state index contributed by atoms with van der Waals surface area (Å²) in [5.41, 5.74) is 7.18. The average molecular weight is 721 g/mol. The van der Waals surface area contributed by atoms with E-state index in [1.165, 1.54) is 38.9 Å². The highest BCUT2D eigenvalue weighted by Gasteiger charge is 2.46. The SMILES string of the molecule is COc1ccc(C(=O)N(CC(F)(F)C(F)F)C2CCCC2)c(N2CCC(COc3cc(C(CC(=O)O)C4CC4)ccn3)CC2)c1.NC1CCCC1. The quantitative estimate of drug-likeness (QED) is 0.193. The normalized spacial score (nSPS) is 19.5. The summed E-state index contributed by atoms with van der Waals surface area (Å²) in [7, 11) is 1.50. The van der Waals surface area contributed by atoms with Gasteiger partial charge in [0.05, 0.1) is 37.9 Å². The van der Waals surface area contributed by atoms with E-state index < -0.39 is 36.8 Å². The predicted octanol–water partition coefficient (Wildman–Crippen LogP) is 7.53. The molecule has 6 rings (SSSR count). The second-order valence-electron chi connectivity index (χ2n) is 14.6. The number of carbonyl (C=O) groups excluding carboxylic acids is 1. The highest BCUT2D eigenvalue weighted by atomic mass is 19.3. The smallest absolute Gasteiger partial charge is 0.324 e. The summed E-state index contributed by atoms with van der Waals surface area (Å²) >= 11 is 0. The number of nitrogens with two attached hydrogens (primary N) is 1. The third kappa shape index (κ3) is 10.7. The van der Waals surface area contributed by atoms with Gasteiger partial charge in [-0.3, -0.25) is 9.59 Å². The predicted molar refractivity (Wildman–Crippen MR) is 186 cm³/mol. The molecule has 1 aromatic heterocycles. The van der Waals surface area contributed by atoms with Gasteiger partial charge in [-0.1, -0.05) is 25.7 Å². The number of anilines is 1. The van der Waals surface area contributed by atoms with Crippen molar-refractivity contribution in [1.29, 1.82) is 0 Å². The number of hydrogen-bond donors (Lipinski definition) is 2. The molecule has 2 heterocycles. The number of nitrogens with zero attached hydrogens (tertiary/aromatic N) is 3. The Kier molecular flexibility index (Phi) is 13.4. The molecule has 9 nitrogen and oxygen atoms in total. The molecule has 1 saturated heterocycles. The van der Waals surface area contributed by atoms with Gasteiger partial charge in [0.1, 0.15) is 5.75 Å². The van der Waals surface area contributed by atoms with E-state index in [4.69, 9.17) is 15.2 Å². The number of alkyl halides is 4. The number of rotatable bonds is 14. The molecule has 4 aliphatic rings. The molecular weight excluding hydrogens is 668 g/mol. The van der Waals surface area contributed by atoms with Crippen molar-refractivity contribution in [2.24, 2.45) is 17.6 Å². The zero-order valence-corrected chi connectivity index (χ0v) is 29.5. The van der Waals surface area contributed by atoms with E-state index in [1.54, 1.807) is 18.3 Å². The van der Waals surface area contributed by atoms with Gasteiger partial charge in [0.25, 0.3) is 5.91 Å². The first-order chi connectivity index (χ1) is 24.4. The third-order valence-electron chi connectivity index (χ3n) is 10.8. The molecule has 51 heavy (non-hydrogen) atoms. The Hall–Kier alpha value is -3.61. The molecule has 282 valence electrons. The van der Waals surface area contributed by atoms with Crippen molar-refractivity contribution < 1.29 is 41.7 Å². The van der Waals surface area contributed by atoms with Gasteiger partial charge in [-0.05, 0) is 92.9 Å². The fourth-order valence-electron chi connectivity index (χ4n) is 7.59. The number of benzene rings is 1. The lowest BCUT2D eigenvalue weighted by atomic mass is 9.92. The van der Waals surface area contributed by atoms with Crippen LogP contribution < -0.4 is 20.1 Å². The maximum Gasteiger partial charge on any atom is 0.324 e. The van der Waals surface area contributed by atoms with E-state index in [2.05, 4.69) is 4.98 Å². The highest BCUT2D eigenvalue weighted by Crippen LogP contribution is 2.45. The molecule has 1 unspecified atom stereocenters. The van der Waals surface area contributed by atoms with Crippen LogP contribution in [0.2, 0.25) is 0 Å². The number of piperidine rings is 1. The minimum atomic E-state index is -4.31. The fraction of sp³-hybridized carbons (Fsp3) is 0.658. The van der Waals surface area contributed by atoms with Gasteiger partial charge in [-0.25, -0.2) is 13.8 Å². The molecule has 0 spiro atoms. The van der Waals surface area contributed by atoms with Crippen molar-refractivity contribution in [3.63, 3.8) is 0 Å². The first kappa shape index (κ1) is 38.6. The van der Waals surface area contributed by atoms with Crippen molar-refractivity contribution in [3.05, 3.63) is 47.7 Å².